The quantitative estimate of drug-likeness (QED) is 0.871. The first-order valence-electron chi connectivity index (χ1n) is 6.55. The van der Waals surface area contributed by atoms with E-state index in [1.54, 1.807) is 5.32 Å². The summed E-state index contributed by atoms with van der Waals surface area (Å²) in [6.07, 6.45) is -3.99. The molecule has 0 saturated carbocycles. The molecule has 0 radical (unpaired) electrons. The van der Waals surface area contributed by atoms with Crippen molar-refractivity contribution in [3.63, 3.8) is 0 Å². The maximum Gasteiger partial charge on any atom is 0.412 e. The largest absolute Gasteiger partial charge is 0.497 e. The molecule has 2 rings (SSSR count). The highest BCUT2D eigenvalue weighted by atomic mass is 19.4. The van der Waals surface area contributed by atoms with E-state index in [1.165, 1.54) is 31.4 Å². The van der Waals surface area contributed by atoms with Crippen LogP contribution in [0.2, 0.25) is 0 Å². The molecule has 1 aromatic heterocycles. The highest BCUT2D eigenvalue weighted by Crippen LogP contribution is 2.33. The number of furan rings is 1. The summed E-state index contributed by atoms with van der Waals surface area (Å²) in [5.41, 5.74) is -0.546. The number of ether oxygens (including phenoxy) is 1. The summed E-state index contributed by atoms with van der Waals surface area (Å²) in [5, 5.41) is 10.5. The molecule has 1 amide bonds. The topological polar surface area (TPSA) is 88.8 Å². The van der Waals surface area contributed by atoms with E-state index in [4.69, 9.17) is 14.3 Å². The van der Waals surface area contributed by atoms with Gasteiger partial charge in [-0.05, 0) is 17.7 Å². The Hall–Kier alpha value is -2.97. The first-order valence-corrected chi connectivity index (χ1v) is 6.55. The lowest BCUT2D eigenvalue weighted by atomic mass is 10.1. The Morgan fingerprint density at radius 1 is 1.25 bits per heavy atom. The average Bonchev–Trinajstić information content (AvgIpc) is 3.02. The fourth-order valence-corrected chi connectivity index (χ4v) is 1.92. The predicted molar refractivity (Wildman–Crippen MR) is 74.9 cm³/mol. The number of carbonyl (C=O) groups excluding carboxylic acids is 1. The van der Waals surface area contributed by atoms with Crippen molar-refractivity contribution in [1.29, 1.82) is 0 Å². The van der Waals surface area contributed by atoms with Crippen molar-refractivity contribution in [2.24, 2.45) is 0 Å². The van der Waals surface area contributed by atoms with E-state index < -0.39 is 29.9 Å². The Morgan fingerprint density at radius 2 is 1.88 bits per heavy atom. The third-order valence-corrected chi connectivity index (χ3v) is 3.12. The van der Waals surface area contributed by atoms with Gasteiger partial charge in [0.15, 0.2) is 11.8 Å². The molecule has 0 saturated heterocycles. The zero-order chi connectivity index (χ0) is 17.9. The standard InChI is InChI=1S/C15H12F3NO5/c1-23-10-4-2-8(3-5-10)12(15(16,17)18)19-13(20)11-6-9(7-24-11)14(21)22/h2-7,12H,1H3,(H,19,20)(H,21,22). The molecule has 0 aliphatic carbocycles. The van der Waals surface area contributed by atoms with Crippen molar-refractivity contribution in [3.05, 3.63) is 53.5 Å². The lowest BCUT2D eigenvalue weighted by Crippen LogP contribution is -2.38. The Bertz CT molecular complexity index is 736. The van der Waals surface area contributed by atoms with E-state index in [9.17, 15) is 22.8 Å². The fourth-order valence-electron chi connectivity index (χ4n) is 1.92. The third-order valence-electron chi connectivity index (χ3n) is 3.12. The van der Waals surface area contributed by atoms with Crippen LogP contribution in [0, 0.1) is 0 Å². The molecular formula is C15H12F3NO5. The van der Waals surface area contributed by atoms with E-state index in [-0.39, 0.29) is 11.1 Å². The van der Waals surface area contributed by atoms with Gasteiger partial charge in [0, 0.05) is 6.07 Å². The molecule has 1 aromatic carbocycles. The van der Waals surface area contributed by atoms with Crippen LogP contribution in [0.5, 0.6) is 5.75 Å². The molecule has 2 aromatic rings. The summed E-state index contributed by atoms with van der Waals surface area (Å²) < 4.78 is 49.2. The second-order valence-electron chi connectivity index (χ2n) is 4.73. The third kappa shape index (κ3) is 3.86. The van der Waals surface area contributed by atoms with Crippen LogP contribution in [0.3, 0.4) is 0 Å². The Morgan fingerprint density at radius 3 is 2.33 bits per heavy atom. The number of amides is 1. The van der Waals surface area contributed by atoms with Crippen molar-refractivity contribution in [2.75, 3.05) is 7.11 Å². The lowest BCUT2D eigenvalue weighted by Gasteiger charge is -2.21. The van der Waals surface area contributed by atoms with Gasteiger partial charge in [-0.2, -0.15) is 13.2 Å². The van der Waals surface area contributed by atoms with E-state index in [0.717, 1.165) is 12.3 Å². The molecule has 1 unspecified atom stereocenters. The minimum atomic E-state index is -4.76. The summed E-state index contributed by atoms with van der Waals surface area (Å²) in [6, 6.07) is 3.56. The minimum absolute atomic E-state index is 0.207. The minimum Gasteiger partial charge on any atom is -0.497 e. The van der Waals surface area contributed by atoms with Gasteiger partial charge in [0.1, 0.15) is 12.0 Å². The van der Waals surface area contributed by atoms with Crippen molar-refractivity contribution >= 4 is 11.9 Å². The summed E-state index contributed by atoms with van der Waals surface area (Å²) in [6.45, 7) is 0. The van der Waals surface area contributed by atoms with E-state index in [2.05, 4.69) is 0 Å². The molecule has 1 heterocycles. The fraction of sp³-hybridized carbons (Fsp3) is 0.200. The van der Waals surface area contributed by atoms with Crippen LogP contribution in [-0.2, 0) is 0 Å². The summed E-state index contributed by atoms with van der Waals surface area (Å²) in [4.78, 5) is 22.6. The van der Waals surface area contributed by atoms with Crippen LogP contribution in [0.25, 0.3) is 0 Å². The summed E-state index contributed by atoms with van der Waals surface area (Å²) >= 11 is 0. The van der Waals surface area contributed by atoms with Crippen LogP contribution in [-0.4, -0.2) is 30.3 Å². The Kier molecular flexibility index (Phi) is 4.82. The number of aromatic carboxylic acids is 1. The Balaban J connectivity index is 2.24. The van der Waals surface area contributed by atoms with Gasteiger partial charge in [-0.1, -0.05) is 12.1 Å². The van der Waals surface area contributed by atoms with Crippen LogP contribution >= 0.6 is 0 Å². The zero-order valence-corrected chi connectivity index (χ0v) is 12.3. The number of nitrogens with one attached hydrogen (secondary N) is 1. The molecule has 128 valence electrons. The SMILES string of the molecule is COc1ccc(C(NC(=O)c2cc(C(=O)O)co2)C(F)(F)F)cc1. The molecular weight excluding hydrogens is 331 g/mol. The molecule has 24 heavy (non-hydrogen) atoms. The van der Waals surface area contributed by atoms with Gasteiger partial charge in [-0.3, -0.25) is 4.79 Å². The smallest absolute Gasteiger partial charge is 0.412 e. The number of benzene rings is 1. The predicted octanol–water partition coefficient (Wildman–Crippen LogP) is 3.02. The first-order chi connectivity index (χ1) is 11.2. The molecule has 9 heteroatoms. The maximum atomic E-state index is 13.2. The maximum absolute atomic E-state index is 13.2. The number of hydrogen-bond acceptors (Lipinski definition) is 4. The van der Waals surface area contributed by atoms with Crippen LogP contribution in [0.15, 0.2) is 41.0 Å². The van der Waals surface area contributed by atoms with Gasteiger partial charge in [0.05, 0.1) is 12.7 Å². The molecule has 2 N–H and O–H groups in total. The average molecular weight is 343 g/mol. The van der Waals surface area contributed by atoms with Gasteiger partial charge in [0.2, 0.25) is 0 Å². The summed E-state index contributed by atoms with van der Waals surface area (Å²) in [5.74, 6) is -2.71. The molecule has 6 nitrogen and oxygen atoms in total. The Labute approximate surface area is 133 Å². The van der Waals surface area contributed by atoms with Gasteiger partial charge in [0.25, 0.3) is 5.91 Å². The number of carboxylic acid groups (broad SMARTS) is 1. The second kappa shape index (κ2) is 6.65. The number of alkyl halides is 3. The van der Waals surface area contributed by atoms with E-state index in [1.807, 2.05) is 0 Å². The number of carboxylic acids is 1. The van der Waals surface area contributed by atoms with Gasteiger partial charge >= 0.3 is 12.1 Å². The summed E-state index contributed by atoms with van der Waals surface area (Å²) in [7, 11) is 1.37. The van der Waals surface area contributed by atoms with Crippen LogP contribution < -0.4 is 10.1 Å². The highest BCUT2D eigenvalue weighted by molar-refractivity contribution is 5.95. The highest BCUT2D eigenvalue weighted by Gasteiger charge is 2.42. The molecule has 0 fully saturated rings. The van der Waals surface area contributed by atoms with Crippen molar-refractivity contribution < 1.29 is 37.0 Å². The molecule has 0 bridgehead atoms. The second-order valence-corrected chi connectivity index (χ2v) is 4.73. The van der Waals surface area contributed by atoms with Crippen LogP contribution in [0.4, 0.5) is 13.2 Å². The van der Waals surface area contributed by atoms with Crippen LogP contribution in [0.1, 0.15) is 32.5 Å². The number of rotatable bonds is 5. The molecule has 0 aliphatic rings. The number of methoxy groups -OCH3 is 1. The number of carbonyl (C=O) groups is 2. The first kappa shape index (κ1) is 17.4. The normalized spacial score (nSPS) is 12.5. The lowest BCUT2D eigenvalue weighted by molar-refractivity contribution is -0.155. The number of halogens is 3. The van der Waals surface area contributed by atoms with Gasteiger partial charge in [-0.25, -0.2) is 4.79 Å². The van der Waals surface area contributed by atoms with Crippen molar-refractivity contribution in [2.45, 2.75) is 12.2 Å². The van der Waals surface area contributed by atoms with Gasteiger partial charge < -0.3 is 19.6 Å². The van der Waals surface area contributed by atoms with Crippen molar-refractivity contribution in [1.82, 2.24) is 5.32 Å². The zero-order valence-electron chi connectivity index (χ0n) is 12.3. The van der Waals surface area contributed by atoms with Crippen molar-refractivity contribution in [3.8, 4) is 5.75 Å². The number of hydrogen-bond donors (Lipinski definition) is 2. The molecule has 0 aliphatic heterocycles. The monoisotopic (exact) mass is 343 g/mol. The van der Waals surface area contributed by atoms with E-state index in [0.29, 0.717) is 5.75 Å². The molecule has 0 spiro atoms. The van der Waals surface area contributed by atoms with E-state index >= 15 is 0 Å². The van der Waals surface area contributed by atoms with Gasteiger partial charge in [-0.15, -0.1) is 0 Å². The molecule has 1 atom stereocenters.